The van der Waals surface area contributed by atoms with Crippen LogP contribution in [0.15, 0.2) is 35.6 Å². The molecule has 0 unspecified atom stereocenters. The molecule has 1 saturated heterocycles. The maximum absolute atomic E-state index is 12.3. The number of carbonyl (C=O) groups is 1. The van der Waals surface area contributed by atoms with E-state index in [9.17, 15) is 4.79 Å². The van der Waals surface area contributed by atoms with Crippen LogP contribution in [0.3, 0.4) is 0 Å². The van der Waals surface area contributed by atoms with Crippen molar-refractivity contribution in [2.24, 2.45) is 0 Å². The highest BCUT2D eigenvalue weighted by atomic mass is 32.2. The predicted molar refractivity (Wildman–Crippen MR) is 123 cm³/mol. The quantitative estimate of drug-likeness (QED) is 0.404. The van der Waals surface area contributed by atoms with Gasteiger partial charge in [-0.25, -0.2) is 14.6 Å². The van der Waals surface area contributed by atoms with Crippen molar-refractivity contribution in [3.63, 3.8) is 0 Å². The van der Waals surface area contributed by atoms with Crippen LogP contribution >= 0.6 is 11.8 Å². The Balaban J connectivity index is 1.38. The molecule has 1 amide bonds. The van der Waals surface area contributed by atoms with Gasteiger partial charge in [0.15, 0.2) is 10.8 Å². The number of anilines is 1. The molecule has 3 heterocycles. The SMILES string of the molecule is CCOc1ccc(CC(=O)NCCn2ncc3c(N4CCCC4)nc(SC)nc32)cc1. The van der Waals surface area contributed by atoms with Crippen LogP contribution < -0.4 is 15.0 Å². The number of carbonyl (C=O) groups excluding carboxylic acids is 1. The van der Waals surface area contributed by atoms with E-state index in [1.807, 2.05) is 48.3 Å². The largest absolute Gasteiger partial charge is 0.494 e. The zero-order chi connectivity index (χ0) is 21.6. The van der Waals surface area contributed by atoms with Gasteiger partial charge in [-0.05, 0) is 43.7 Å². The highest BCUT2D eigenvalue weighted by molar-refractivity contribution is 7.98. The maximum Gasteiger partial charge on any atom is 0.224 e. The highest BCUT2D eigenvalue weighted by Gasteiger charge is 2.20. The Morgan fingerprint density at radius 3 is 2.68 bits per heavy atom. The van der Waals surface area contributed by atoms with Gasteiger partial charge >= 0.3 is 0 Å². The molecule has 1 N–H and O–H groups in total. The summed E-state index contributed by atoms with van der Waals surface area (Å²) in [7, 11) is 0. The van der Waals surface area contributed by atoms with Gasteiger partial charge in [0.05, 0.1) is 31.2 Å². The fourth-order valence-electron chi connectivity index (χ4n) is 3.77. The van der Waals surface area contributed by atoms with Gasteiger partial charge in [0.1, 0.15) is 11.6 Å². The molecule has 3 aromatic rings. The smallest absolute Gasteiger partial charge is 0.224 e. The third-order valence-electron chi connectivity index (χ3n) is 5.29. The van der Waals surface area contributed by atoms with Crippen molar-refractivity contribution in [3.8, 4) is 5.75 Å². The number of hydrogen-bond acceptors (Lipinski definition) is 7. The molecular formula is C22H28N6O2S. The van der Waals surface area contributed by atoms with Gasteiger partial charge in [-0.1, -0.05) is 23.9 Å². The Hall–Kier alpha value is -2.81. The second kappa shape index (κ2) is 10.00. The number of hydrogen-bond donors (Lipinski definition) is 1. The topological polar surface area (TPSA) is 85.2 Å². The van der Waals surface area contributed by atoms with Crippen molar-refractivity contribution >= 4 is 34.5 Å². The van der Waals surface area contributed by atoms with Gasteiger partial charge in [0, 0.05) is 19.6 Å². The molecule has 31 heavy (non-hydrogen) atoms. The lowest BCUT2D eigenvalue weighted by Gasteiger charge is -2.17. The third-order valence-corrected chi connectivity index (χ3v) is 5.84. The van der Waals surface area contributed by atoms with E-state index in [1.54, 1.807) is 0 Å². The molecule has 2 aromatic heterocycles. The normalized spacial score (nSPS) is 13.7. The minimum absolute atomic E-state index is 0.0159. The maximum atomic E-state index is 12.3. The molecule has 0 spiro atoms. The van der Waals surface area contributed by atoms with Crippen LogP contribution in [0.1, 0.15) is 25.3 Å². The summed E-state index contributed by atoms with van der Waals surface area (Å²) in [5.74, 6) is 1.77. The number of nitrogens with one attached hydrogen (secondary N) is 1. The van der Waals surface area contributed by atoms with E-state index in [1.165, 1.54) is 24.6 Å². The Morgan fingerprint density at radius 1 is 1.19 bits per heavy atom. The molecule has 1 fully saturated rings. The van der Waals surface area contributed by atoms with Crippen molar-refractivity contribution in [1.82, 2.24) is 25.1 Å². The van der Waals surface area contributed by atoms with Crippen LogP contribution in [0.2, 0.25) is 0 Å². The summed E-state index contributed by atoms with van der Waals surface area (Å²) < 4.78 is 7.29. The van der Waals surface area contributed by atoms with Gasteiger partial charge in [-0.15, -0.1) is 0 Å². The van der Waals surface area contributed by atoms with Crippen molar-refractivity contribution in [2.75, 3.05) is 37.4 Å². The summed E-state index contributed by atoms with van der Waals surface area (Å²) in [6.45, 7) is 5.67. The van der Waals surface area contributed by atoms with Gasteiger partial charge in [0.25, 0.3) is 0 Å². The lowest BCUT2D eigenvalue weighted by molar-refractivity contribution is -0.120. The third kappa shape index (κ3) is 5.10. The molecule has 1 aliphatic heterocycles. The number of aromatic nitrogens is 4. The first-order chi connectivity index (χ1) is 15.2. The molecule has 1 aliphatic rings. The van der Waals surface area contributed by atoms with E-state index >= 15 is 0 Å². The summed E-state index contributed by atoms with van der Waals surface area (Å²) in [5, 5.41) is 9.22. The number of benzene rings is 1. The summed E-state index contributed by atoms with van der Waals surface area (Å²) in [6.07, 6.45) is 6.54. The van der Waals surface area contributed by atoms with Crippen LogP contribution in [0.4, 0.5) is 5.82 Å². The first kappa shape index (κ1) is 21.4. The summed E-state index contributed by atoms with van der Waals surface area (Å²) >= 11 is 1.53. The summed E-state index contributed by atoms with van der Waals surface area (Å²) in [4.78, 5) is 24.1. The van der Waals surface area contributed by atoms with Crippen LogP contribution in [-0.2, 0) is 17.8 Å². The number of ether oxygens (including phenoxy) is 1. The van der Waals surface area contributed by atoms with E-state index < -0.39 is 0 Å². The van der Waals surface area contributed by atoms with Crippen LogP contribution in [0, 0.1) is 0 Å². The first-order valence-corrected chi connectivity index (χ1v) is 11.9. The molecule has 0 bridgehead atoms. The van der Waals surface area contributed by atoms with Gasteiger partial charge in [0.2, 0.25) is 5.91 Å². The van der Waals surface area contributed by atoms with Gasteiger partial charge in [-0.3, -0.25) is 4.79 Å². The van der Waals surface area contributed by atoms with Gasteiger partial charge < -0.3 is 15.0 Å². The molecule has 0 atom stereocenters. The number of amides is 1. The summed E-state index contributed by atoms with van der Waals surface area (Å²) in [5.41, 5.74) is 1.78. The van der Waals surface area contributed by atoms with Crippen LogP contribution in [-0.4, -0.2) is 58.2 Å². The van der Waals surface area contributed by atoms with Crippen molar-refractivity contribution < 1.29 is 9.53 Å². The molecular weight excluding hydrogens is 412 g/mol. The first-order valence-electron chi connectivity index (χ1n) is 10.7. The number of fused-ring (bicyclic) bond motifs is 1. The lowest BCUT2D eigenvalue weighted by atomic mass is 10.1. The van der Waals surface area contributed by atoms with Crippen LogP contribution in [0.25, 0.3) is 11.0 Å². The summed E-state index contributed by atoms with van der Waals surface area (Å²) in [6, 6.07) is 7.63. The molecule has 9 heteroatoms. The van der Waals surface area contributed by atoms with E-state index in [4.69, 9.17) is 9.72 Å². The molecule has 0 saturated carbocycles. The molecule has 0 aliphatic carbocycles. The van der Waals surface area contributed by atoms with Crippen molar-refractivity contribution in [3.05, 3.63) is 36.0 Å². The predicted octanol–water partition coefficient (Wildman–Crippen LogP) is 2.91. The average molecular weight is 441 g/mol. The minimum atomic E-state index is -0.0159. The number of nitrogens with zero attached hydrogens (tertiary/aromatic N) is 5. The van der Waals surface area contributed by atoms with E-state index in [-0.39, 0.29) is 5.91 Å². The number of thioether (sulfide) groups is 1. The zero-order valence-electron chi connectivity index (χ0n) is 18.0. The molecule has 164 valence electrons. The standard InChI is InChI=1S/C22H28N6O2S/c1-3-30-17-8-6-16(7-9-17)14-19(29)23-10-13-28-21-18(15-24-28)20(25-22(26-21)31-2)27-11-4-5-12-27/h6-9,15H,3-5,10-14H2,1-2H3,(H,23,29). The minimum Gasteiger partial charge on any atom is -0.494 e. The Bertz CT molecular complexity index is 1030. The lowest BCUT2D eigenvalue weighted by Crippen LogP contribution is -2.29. The highest BCUT2D eigenvalue weighted by Crippen LogP contribution is 2.28. The molecule has 4 rings (SSSR count). The van der Waals surface area contributed by atoms with E-state index in [0.29, 0.717) is 26.1 Å². The van der Waals surface area contributed by atoms with Crippen LogP contribution in [0.5, 0.6) is 5.75 Å². The fourth-order valence-corrected chi connectivity index (χ4v) is 4.12. The second-order valence-electron chi connectivity index (χ2n) is 7.44. The molecule has 0 radical (unpaired) electrons. The fraction of sp³-hybridized carbons (Fsp3) is 0.455. The average Bonchev–Trinajstić information content (AvgIpc) is 3.45. The van der Waals surface area contributed by atoms with Crippen molar-refractivity contribution in [2.45, 2.75) is 37.9 Å². The van der Waals surface area contributed by atoms with E-state index in [2.05, 4.69) is 20.3 Å². The number of rotatable bonds is 9. The Labute approximate surface area is 186 Å². The van der Waals surface area contributed by atoms with E-state index in [0.717, 1.165) is 46.4 Å². The monoisotopic (exact) mass is 440 g/mol. The molecule has 1 aromatic carbocycles. The second-order valence-corrected chi connectivity index (χ2v) is 8.21. The van der Waals surface area contributed by atoms with Crippen molar-refractivity contribution in [1.29, 1.82) is 0 Å². The Morgan fingerprint density at radius 2 is 1.97 bits per heavy atom. The van der Waals surface area contributed by atoms with Gasteiger partial charge in [-0.2, -0.15) is 5.10 Å². The molecule has 8 nitrogen and oxygen atoms in total. The zero-order valence-corrected chi connectivity index (χ0v) is 18.8. The Kier molecular flexibility index (Phi) is 6.91.